The lowest BCUT2D eigenvalue weighted by molar-refractivity contribution is 0.0776. The lowest BCUT2D eigenvalue weighted by atomic mass is 10.1. The number of rotatable bonds is 7. The predicted molar refractivity (Wildman–Crippen MR) is 134 cm³/mol. The fourth-order valence-electron chi connectivity index (χ4n) is 4.03. The fraction of sp³-hybridized carbons (Fsp3) is 0.308. The fourth-order valence-corrected chi connectivity index (χ4v) is 4.03. The van der Waals surface area contributed by atoms with Crippen molar-refractivity contribution >= 4 is 0 Å². The normalized spacial score (nSPS) is 14.4. The molecule has 8 heteroatoms. The minimum atomic E-state index is -0.129. The molecule has 4 heterocycles. The van der Waals surface area contributed by atoms with Crippen LogP contribution in [-0.2, 0) is 17.9 Å². The van der Waals surface area contributed by atoms with Crippen LogP contribution in [0.5, 0.6) is 0 Å². The van der Waals surface area contributed by atoms with Gasteiger partial charge in [-0.05, 0) is 37.5 Å². The summed E-state index contributed by atoms with van der Waals surface area (Å²) in [5.74, 6) is 0.559. The molecule has 0 bridgehead atoms. The van der Waals surface area contributed by atoms with Gasteiger partial charge in [0.2, 0.25) is 0 Å². The Morgan fingerprint density at radius 2 is 1.85 bits per heavy atom. The van der Waals surface area contributed by atoms with E-state index in [0.717, 1.165) is 55.1 Å². The first-order valence-electron chi connectivity index (χ1n) is 11.5. The molecule has 1 aliphatic rings. The summed E-state index contributed by atoms with van der Waals surface area (Å²) in [6.07, 6.45) is 5.48. The molecule has 1 saturated heterocycles. The SMILES string of the molecule is Cc1ncc(-c2ccnc(CO)c2)nc1-c1cc(-c2ccc(CNC3CCOCC3)cc2)no1.[HH].[HH].[HH]. The van der Waals surface area contributed by atoms with Crippen molar-refractivity contribution in [2.24, 2.45) is 0 Å². The molecular weight excluding hydrogens is 430 g/mol. The van der Waals surface area contributed by atoms with E-state index in [0.29, 0.717) is 28.9 Å². The number of nitrogens with zero attached hydrogens (tertiary/aromatic N) is 4. The van der Waals surface area contributed by atoms with Crippen LogP contribution in [0.25, 0.3) is 34.0 Å². The van der Waals surface area contributed by atoms with Crippen LogP contribution in [-0.4, -0.2) is 44.5 Å². The number of aliphatic hydroxyl groups is 1. The van der Waals surface area contributed by atoms with Crippen LogP contribution in [0, 0.1) is 6.92 Å². The standard InChI is InChI=1S/C26H27N5O3.3H2/c1-17-26(30-24(15-28-17)20-6-9-27-22(12-20)16-32)25-13-23(31-34-25)19-4-2-18(3-5-19)14-29-21-7-10-33-11-8-21;;;/h2-6,9,12-13,15,21,29,32H,7-8,10-11,14,16H2,1H3;3*1H. The van der Waals surface area contributed by atoms with E-state index in [1.54, 1.807) is 18.5 Å². The molecule has 34 heavy (non-hydrogen) atoms. The third-order valence-corrected chi connectivity index (χ3v) is 6.04. The maximum Gasteiger partial charge on any atom is 0.187 e. The molecule has 1 fully saturated rings. The highest BCUT2D eigenvalue weighted by molar-refractivity contribution is 5.68. The number of aromatic nitrogens is 4. The molecular formula is C26H33N5O3. The molecule has 4 aromatic rings. The summed E-state index contributed by atoms with van der Waals surface area (Å²) in [7, 11) is 0. The minimum absolute atomic E-state index is 0. The van der Waals surface area contributed by atoms with E-state index in [2.05, 4.69) is 44.7 Å². The van der Waals surface area contributed by atoms with E-state index in [4.69, 9.17) is 14.2 Å². The van der Waals surface area contributed by atoms with Gasteiger partial charge in [-0.3, -0.25) is 9.97 Å². The summed E-state index contributed by atoms with van der Waals surface area (Å²) in [4.78, 5) is 13.4. The second kappa shape index (κ2) is 10.2. The van der Waals surface area contributed by atoms with Gasteiger partial charge >= 0.3 is 0 Å². The summed E-state index contributed by atoms with van der Waals surface area (Å²) < 4.78 is 11.1. The smallest absolute Gasteiger partial charge is 0.187 e. The van der Waals surface area contributed by atoms with Crippen molar-refractivity contribution in [1.82, 2.24) is 25.4 Å². The molecule has 0 atom stereocenters. The topological polar surface area (TPSA) is 106 Å². The van der Waals surface area contributed by atoms with Crippen molar-refractivity contribution in [3.05, 3.63) is 71.8 Å². The number of nitrogens with one attached hydrogen (secondary N) is 1. The third-order valence-electron chi connectivity index (χ3n) is 6.04. The number of hydrogen-bond donors (Lipinski definition) is 2. The molecule has 5 rings (SSSR count). The maximum atomic E-state index is 9.37. The molecule has 0 spiro atoms. The van der Waals surface area contributed by atoms with Gasteiger partial charge in [0.1, 0.15) is 11.4 Å². The van der Waals surface area contributed by atoms with Gasteiger partial charge < -0.3 is 19.7 Å². The third kappa shape index (κ3) is 5.04. The molecule has 8 nitrogen and oxygen atoms in total. The van der Waals surface area contributed by atoms with E-state index in [1.807, 2.05) is 19.1 Å². The highest BCUT2D eigenvalue weighted by Gasteiger charge is 2.16. The van der Waals surface area contributed by atoms with Crippen LogP contribution in [0.3, 0.4) is 0 Å². The second-order valence-corrected chi connectivity index (χ2v) is 8.42. The van der Waals surface area contributed by atoms with Crippen LogP contribution in [0.15, 0.2) is 59.4 Å². The van der Waals surface area contributed by atoms with E-state index < -0.39 is 0 Å². The van der Waals surface area contributed by atoms with Crippen molar-refractivity contribution < 1.29 is 18.6 Å². The van der Waals surface area contributed by atoms with E-state index in [9.17, 15) is 5.11 Å². The van der Waals surface area contributed by atoms with Gasteiger partial charge in [-0.15, -0.1) is 0 Å². The lowest BCUT2D eigenvalue weighted by Crippen LogP contribution is -2.34. The highest BCUT2D eigenvalue weighted by atomic mass is 16.5. The number of hydrogen-bond acceptors (Lipinski definition) is 8. The van der Waals surface area contributed by atoms with Gasteiger partial charge in [0.15, 0.2) is 5.76 Å². The van der Waals surface area contributed by atoms with Crippen molar-refractivity contribution in [1.29, 1.82) is 0 Å². The molecule has 3 aromatic heterocycles. The second-order valence-electron chi connectivity index (χ2n) is 8.42. The Morgan fingerprint density at radius 3 is 2.65 bits per heavy atom. The Morgan fingerprint density at radius 1 is 1.03 bits per heavy atom. The Bertz CT molecular complexity index is 1260. The minimum Gasteiger partial charge on any atom is -0.390 e. The average Bonchev–Trinajstić information content (AvgIpc) is 3.39. The number of aliphatic hydroxyl groups excluding tert-OH is 1. The Kier molecular flexibility index (Phi) is 6.71. The van der Waals surface area contributed by atoms with Gasteiger partial charge in [-0.2, -0.15) is 0 Å². The number of aryl methyl sites for hydroxylation is 1. The van der Waals surface area contributed by atoms with Crippen LogP contribution < -0.4 is 5.32 Å². The molecule has 0 radical (unpaired) electrons. The summed E-state index contributed by atoms with van der Waals surface area (Å²) in [5.41, 5.74) is 6.43. The first-order valence-corrected chi connectivity index (χ1v) is 11.5. The maximum absolute atomic E-state index is 9.37. The number of benzene rings is 1. The first kappa shape index (κ1) is 22.3. The number of ether oxygens (including phenoxy) is 1. The molecule has 0 saturated carbocycles. The quantitative estimate of drug-likeness (QED) is 0.407. The Balaban J connectivity index is 0.00000160. The summed E-state index contributed by atoms with van der Waals surface area (Å²) in [6, 6.07) is 14.4. The van der Waals surface area contributed by atoms with E-state index in [-0.39, 0.29) is 10.9 Å². The van der Waals surface area contributed by atoms with Crippen LogP contribution in [0.2, 0.25) is 0 Å². The Hall–Kier alpha value is -3.46. The molecule has 2 N–H and O–H groups in total. The first-order chi connectivity index (χ1) is 16.7. The van der Waals surface area contributed by atoms with Crippen LogP contribution >= 0.6 is 0 Å². The largest absolute Gasteiger partial charge is 0.390 e. The molecule has 1 aromatic carbocycles. The monoisotopic (exact) mass is 463 g/mol. The zero-order valence-corrected chi connectivity index (χ0v) is 19.1. The van der Waals surface area contributed by atoms with Crippen LogP contribution in [0.1, 0.15) is 34.1 Å². The van der Waals surface area contributed by atoms with E-state index >= 15 is 0 Å². The predicted octanol–water partition coefficient (Wildman–Crippen LogP) is 4.67. The average molecular weight is 464 g/mol. The van der Waals surface area contributed by atoms with Gasteiger partial charge in [0.25, 0.3) is 0 Å². The zero-order chi connectivity index (χ0) is 23.3. The van der Waals surface area contributed by atoms with E-state index in [1.165, 1.54) is 5.56 Å². The van der Waals surface area contributed by atoms with Gasteiger partial charge in [-0.25, -0.2) is 4.98 Å². The van der Waals surface area contributed by atoms with Gasteiger partial charge in [0.05, 0.1) is 29.9 Å². The molecule has 0 unspecified atom stereocenters. The summed E-state index contributed by atoms with van der Waals surface area (Å²) in [6.45, 7) is 4.27. The van der Waals surface area contributed by atoms with Crippen molar-refractivity contribution in [3.8, 4) is 34.0 Å². The number of pyridine rings is 1. The molecule has 1 aliphatic heterocycles. The summed E-state index contributed by atoms with van der Waals surface area (Å²) >= 11 is 0. The highest BCUT2D eigenvalue weighted by Crippen LogP contribution is 2.28. The Labute approximate surface area is 202 Å². The van der Waals surface area contributed by atoms with Gasteiger partial charge in [0, 0.05) is 53.5 Å². The molecule has 180 valence electrons. The van der Waals surface area contributed by atoms with Crippen molar-refractivity contribution in [2.45, 2.75) is 39.0 Å². The van der Waals surface area contributed by atoms with Gasteiger partial charge in [-0.1, -0.05) is 29.4 Å². The van der Waals surface area contributed by atoms with Crippen molar-refractivity contribution in [3.63, 3.8) is 0 Å². The summed E-state index contributed by atoms with van der Waals surface area (Å²) in [5, 5.41) is 17.2. The van der Waals surface area contributed by atoms with Crippen LogP contribution in [0.4, 0.5) is 0 Å². The molecule has 0 amide bonds. The van der Waals surface area contributed by atoms with Crippen molar-refractivity contribution in [2.75, 3.05) is 13.2 Å². The zero-order valence-electron chi connectivity index (χ0n) is 19.1. The lowest BCUT2D eigenvalue weighted by Gasteiger charge is -2.23. The molecule has 0 aliphatic carbocycles.